The minimum atomic E-state index is -0.350. The molecule has 0 saturated carbocycles. The summed E-state index contributed by atoms with van der Waals surface area (Å²) in [5, 5.41) is 0. The van der Waals surface area contributed by atoms with Crippen molar-refractivity contribution in [1.82, 2.24) is 0 Å². The average Bonchev–Trinajstić information content (AvgIpc) is 2.63. The summed E-state index contributed by atoms with van der Waals surface area (Å²) in [4.78, 5) is 0. The lowest BCUT2D eigenvalue weighted by Crippen LogP contribution is -2.41. The molecule has 2 rings (SSSR count). The molecule has 0 aliphatic heterocycles. The van der Waals surface area contributed by atoms with Crippen molar-refractivity contribution in [1.29, 1.82) is 0 Å². The molecule has 2 unspecified atom stereocenters. The highest BCUT2D eigenvalue weighted by molar-refractivity contribution is 5.31. The molecule has 0 aliphatic rings. The molecule has 0 spiro atoms. The van der Waals surface area contributed by atoms with Crippen molar-refractivity contribution in [2.75, 3.05) is 13.2 Å². The lowest BCUT2D eigenvalue weighted by Gasteiger charge is -2.36. The van der Waals surface area contributed by atoms with E-state index in [0.717, 1.165) is 17.9 Å². The van der Waals surface area contributed by atoms with Crippen LogP contribution in [-0.4, -0.2) is 25.0 Å². The lowest BCUT2D eigenvalue weighted by molar-refractivity contribution is -0.0739. The molecule has 0 aromatic heterocycles. The molecule has 2 aromatic carbocycles. The Morgan fingerprint density at radius 1 is 0.828 bits per heavy atom. The fourth-order valence-electron chi connectivity index (χ4n) is 3.32. The lowest BCUT2D eigenvalue weighted by atomic mass is 9.73. The van der Waals surface area contributed by atoms with Gasteiger partial charge in [-0.05, 0) is 62.4 Å². The Morgan fingerprint density at radius 2 is 1.45 bits per heavy atom. The first-order valence-electron chi connectivity index (χ1n) is 10.4. The molecule has 0 amide bonds. The van der Waals surface area contributed by atoms with Crippen molar-refractivity contribution in [2.45, 2.75) is 65.7 Å². The SMILES string of the molecule is CC(OCCOc1ccccc1)Oc1ccc(C(CC(C)(C)C)C(C)(C)N)cc1. The van der Waals surface area contributed by atoms with Gasteiger partial charge in [0.1, 0.15) is 18.1 Å². The zero-order chi connectivity index (χ0) is 21.5. The second kappa shape index (κ2) is 10.1. The minimum Gasteiger partial charge on any atom is -0.491 e. The number of benzene rings is 2. The first-order chi connectivity index (χ1) is 13.5. The number of hydrogen-bond donors (Lipinski definition) is 1. The van der Waals surface area contributed by atoms with Crippen LogP contribution in [0.4, 0.5) is 0 Å². The first-order valence-corrected chi connectivity index (χ1v) is 10.4. The normalized spacial score (nSPS) is 14.3. The van der Waals surface area contributed by atoms with Crippen LogP contribution in [0.5, 0.6) is 11.5 Å². The van der Waals surface area contributed by atoms with Gasteiger partial charge in [-0.25, -0.2) is 0 Å². The standard InChI is InChI=1S/C25H37NO3/c1-19(27-16-17-28-21-10-8-7-9-11-21)29-22-14-12-20(13-15-22)23(25(5,6)26)18-24(2,3)4/h7-15,19,23H,16-18,26H2,1-6H3. The van der Waals surface area contributed by atoms with Crippen molar-refractivity contribution in [2.24, 2.45) is 11.1 Å². The molecular weight excluding hydrogens is 362 g/mol. The molecule has 2 atom stereocenters. The van der Waals surface area contributed by atoms with Crippen molar-refractivity contribution >= 4 is 0 Å². The monoisotopic (exact) mass is 399 g/mol. The van der Waals surface area contributed by atoms with Gasteiger partial charge in [0.15, 0.2) is 6.29 Å². The van der Waals surface area contributed by atoms with Gasteiger partial charge in [-0.2, -0.15) is 0 Å². The van der Waals surface area contributed by atoms with Crippen LogP contribution in [0.15, 0.2) is 54.6 Å². The van der Waals surface area contributed by atoms with E-state index < -0.39 is 0 Å². The van der Waals surface area contributed by atoms with E-state index in [9.17, 15) is 0 Å². The van der Waals surface area contributed by atoms with E-state index in [1.165, 1.54) is 5.56 Å². The smallest absolute Gasteiger partial charge is 0.197 e. The number of nitrogens with two attached hydrogens (primary N) is 1. The third-order valence-electron chi connectivity index (χ3n) is 4.75. The van der Waals surface area contributed by atoms with E-state index in [1.807, 2.05) is 49.4 Å². The largest absolute Gasteiger partial charge is 0.491 e. The third-order valence-corrected chi connectivity index (χ3v) is 4.75. The molecule has 4 nitrogen and oxygen atoms in total. The van der Waals surface area contributed by atoms with Crippen molar-refractivity contribution in [3.63, 3.8) is 0 Å². The van der Waals surface area contributed by atoms with Crippen LogP contribution in [0, 0.1) is 5.41 Å². The highest BCUT2D eigenvalue weighted by atomic mass is 16.7. The maximum Gasteiger partial charge on any atom is 0.197 e. The van der Waals surface area contributed by atoms with E-state index in [2.05, 4.69) is 46.8 Å². The van der Waals surface area contributed by atoms with Gasteiger partial charge in [0.25, 0.3) is 0 Å². The quantitative estimate of drug-likeness (QED) is 0.407. The summed E-state index contributed by atoms with van der Waals surface area (Å²) in [6, 6.07) is 17.9. The highest BCUT2D eigenvalue weighted by Gasteiger charge is 2.30. The molecule has 2 aromatic rings. The zero-order valence-corrected chi connectivity index (χ0v) is 18.8. The summed E-state index contributed by atoms with van der Waals surface area (Å²) in [6.45, 7) is 13.8. The van der Waals surface area contributed by atoms with Crippen molar-refractivity contribution in [3.8, 4) is 11.5 Å². The molecule has 0 heterocycles. The van der Waals surface area contributed by atoms with E-state index in [1.54, 1.807) is 0 Å². The summed E-state index contributed by atoms with van der Waals surface area (Å²) in [7, 11) is 0. The maximum absolute atomic E-state index is 6.48. The second-order valence-corrected chi connectivity index (χ2v) is 9.43. The van der Waals surface area contributed by atoms with Crippen LogP contribution in [0.1, 0.15) is 59.4 Å². The minimum absolute atomic E-state index is 0.209. The maximum atomic E-state index is 6.48. The van der Waals surface area contributed by atoms with Crippen LogP contribution in [0.25, 0.3) is 0 Å². The van der Waals surface area contributed by atoms with Gasteiger partial charge in [0.05, 0.1) is 6.61 Å². The van der Waals surface area contributed by atoms with Crippen LogP contribution in [-0.2, 0) is 4.74 Å². The molecule has 160 valence electrons. The summed E-state index contributed by atoms with van der Waals surface area (Å²) >= 11 is 0. The number of hydrogen-bond acceptors (Lipinski definition) is 4. The predicted molar refractivity (Wildman–Crippen MR) is 120 cm³/mol. The Labute approximate surface area is 176 Å². The van der Waals surface area contributed by atoms with E-state index in [0.29, 0.717) is 13.2 Å². The van der Waals surface area contributed by atoms with Gasteiger partial charge in [-0.3, -0.25) is 0 Å². The highest BCUT2D eigenvalue weighted by Crippen LogP contribution is 2.37. The molecule has 0 radical (unpaired) electrons. The van der Waals surface area contributed by atoms with Gasteiger partial charge in [-0.15, -0.1) is 0 Å². The number of rotatable bonds is 10. The van der Waals surface area contributed by atoms with Gasteiger partial charge in [0, 0.05) is 11.5 Å². The fourth-order valence-corrected chi connectivity index (χ4v) is 3.32. The molecular formula is C25H37NO3. The van der Waals surface area contributed by atoms with Gasteiger partial charge >= 0.3 is 0 Å². The first kappa shape index (κ1) is 23.2. The summed E-state index contributed by atoms with van der Waals surface area (Å²) < 4.78 is 17.2. The van der Waals surface area contributed by atoms with Crippen molar-refractivity contribution in [3.05, 3.63) is 60.2 Å². The summed E-state index contributed by atoms with van der Waals surface area (Å²) in [5.74, 6) is 1.91. The summed E-state index contributed by atoms with van der Waals surface area (Å²) in [5.41, 5.74) is 7.65. The molecule has 0 fully saturated rings. The molecule has 4 heteroatoms. The predicted octanol–water partition coefficient (Wildman–Crippen LogP) is 5.76. The average molecular weight is 400 g/mol. The Balaban J connectivity index is 1.85. The Hall–Kier alpha value is -2.04. The van der Waals surface area contributed by atoms with Crippen LogP contribution in [0.2, 0.25) is 0 Å². The van der Waals surface area contributed by atoms with Gasteiger partial charge < -0.3 is 19.9 Å². The van der Waals surface area contributed by atoms with Gasteiger partial charge in [0.2, 0.25) is 0 Å². The Bertz CT molecular complexity index is 714. The second-order valence-electron chi connectivity index (χ2n) is 9.43. The molecule has 2 N–H and O–H groups in total. The third kappa shape index (κ3) is 8.46. The molecule has 0 aliphatic carbocycles. The van der Waals surface area contributed by atoms with E-state index in [-0.39, 0.29) is 23.2 Å². The van der Waals surface area contributed by atoms with Gasteiger partial charge in [-0.1, -0.05) is 51.1 Å². The zero-order valence-electron chi connectivity index (χ0n) is 18.8. The van der Waals surface area contributed by atoms with Crippen LogP contribution in [0.3, 0.4) is 0 Å². The molecule has 0 bridgehead atoms. The number of ether oxygens (including phenoxy) is 3. The Morgan fingerprint density at radius 3 is 2.00 bits per heavy atom. The fraction of sp³-hybridized carbons (Fsp3) is 0.520. The van der Waals surface area contributed by atoms with Crippen LogP contribution < -0.4 is 15.2 Å². The van der Waals surface area contributed by atoms with E-state index in [4.69, 9.17) is 19.9 Å². The molecule has 0 saturated heterocycles. The number of para-hydroxylation sites is 1. The topological polar surface area (TPSA) is 53.7 Å². The summed E-state index contributed by atoms with van der Waals surface area (Å²) in [6.07, 6.45) is 0.675. The molecule has 29 heavy (non-hydrogen) atoms. The Kier molecular flexibility index (Phi) is 8.12. The van der Waals surface area contributed by atoms with Crippen molar-refractivity contribution < 1.29 is 14.2 Å². The van der Waals surface area contributed by atoms with Crippen LogP contribution >= 0.6 is 0 Å². The van der Waals surface area contributed by atoms with E-state index >= 15 is 0 Å².